The van der Waals surface area contributed by atoms with Crippen molar-refractivity contribution in [2.75, 3.05) is 28.3 Å². The van der Waals surface area contributed by atoms with Gasteiger partial charge in [0, 0.05) is 41.6 Å². The molecule has 1 aromatic carbocycles. The molecule has 0 saturated carbocycles. The standard InChI is InChI=1S/C27H35N3O7/c1-12(2)30(5)11-14-9-18(31)20-15(24(14)35-6)7-13-8-17-21(29(3)4)22(32)16(26(28)34)10-27(17)25(36-37-27)19(13)23(20)33/h9,12-13,17,21,31-32H,7-8,10-11H2,1-6H3,(H2,28,34)/t13?,17-,21-,27-/m0/s1. The molecule has 1 aliphatic heterocycles. The molecule has 1 heterocycles. The maximum atomic E-state index is 14.0. The maximum absolute atomic E-state index is 14.0. The second-order valence-corrected chi connectivity index (χ2v) is 11.1. The van der Waals surface area contributed by atoms with Crippen molar-refractivity contribution >= 4 is 11.7 Å². The number of amides is 1. The number of benzene rings is 1. The molecule has 0 bridgehead atoms. The summed E-state index contributed by atoms with van der Waals surface area (Å²) in [6.07, 6.45) is 0.982. The van der Waals surface area contributed by atoms with Crippen LogP contribution in [-0.4, -0.2) is 77.6 Å². The SMILES string of the molecule is COc1c(CN(C)C(C)C)cc(O)c2c1CC1C[C@H]3[C@H](N(C)C)C(O)=C(C(N)=O)C[C@]34OOC4=C1C2=O. The van der Waals surface area contributed by atoms with Crippen molar-refractivity contribution in [1.29, 1.82) is 0 Å². The summed E-state index contributed by atoms with van der Waals surface area (Å²) >= 11 is 0. The Bertz CT molecular complexity index is 1250. The predicted octanol–water partition coefficient (Wildman–Crippen LogP) is 2.20. The lowest BCUT2D eigenvalue weighted by molar-refractivity contribution is -0.445. The summed E-state index contributed by atoms with van der Waals surface area (Å²) in [5.41, 5.74) is 6.74. The van der Waals surface area contributed by atoms with E-state index in [1.807, 2.05) is 26.0 Å². The minimum atomic E-state index is -1.08. The highest BCUT2D eigenvalue weighted by atomic mass is 17.3. The average Bonchev–Trinajstić information content (AvgIpc) is 2.79. The number of rotatable bonds is 6. The Morgan fingerprint density at radius 1 is 1.30 bits per heavy atom. The molecule has 1 spiro atoms. The van der Waals surface area contributed by atoms with Gasteiger partial charge in [0.1, 0.15) is 17.3 Å². The number of likely N-dealkylation sites (N-methyl/N-ethyl adjacent to an activating group) is 1. The van der Waals surface area contributed by atoms with E-state index in [2.05, 4.69) is 18.7 Å². The molecule has 1 aromatic rings. The van der Waals surface area contributed by atoms with Crippen LogP contribution in [0, 0.1) is 11.8 Å². The summed E-state index contributed by atoms with van der Waals surface area (Å²) in [7, 11) is 7.21. The summed E-state index contributed by atoms with van der Waals surface area (Å²) in [6, 6.07) is 1.34. The lowest BCUT2D eigenvalue weighted by Gasteiger charge is -2.57. The monoisotopic (exact) mass is 513 g/mol. The highest BCUT2D eigenvalue weighted by Gasteiger charge is 2.66. The highest BCUT2D eigenvalue weighted by molar-refractivity contribution is 6.14. The van der Waals surface area contributed by atoms with E-state index in [1.165, 1.54) is 0 Å². The number of primary amides is 1. The first-order valence-electron chi connectivity index (χ1n) is 12.6. The van der Waals surface area contributed by atoms with Gasteiger partial charge >= 0.3 is 0 Å². The van der Waals surface area contributed by atoms with Crippen molar-refractivity contribution in [2.45, 2.75) is 57.3 Å². The van der Waals surface area contributed by atoms with E-state index in [4.69, 9.17) is 20.2 Å². The van der Waals surface area contributed by atoms with Crippen molar-refractivity contribution in [1.82, 2.24) is 9.80 Å². The van der Waals surface area contributed by atoms with Gasteiger partial charge in [-0.2, -0.15) is 4.89 Å². The summed E-state index contributed by atoms with van der Waals surface area (Å²) in [4.78, 5) is 41.3. The average molecular weight is 514 g/mol. The zero-order chi connectivity index (χ0) is 27.0. The van der Waals surface area contributed by atoms with Crippen LogP contribution in [0.25, 0.3) is 0 Å². The van der Waals surface area contributed by atoms with E-state index in [9.17, 15) is 19.8 Å². The number of aromatic hydroxyl groups is 1. The number of fused-ring (bicyclic) bond motifs is 2. The molecule has 10 nitrogen and oxygen atoms in total. The van der Waals surface area contributed by atoms with Gasteiger partial charge in [0.05, 0.1) is 24.3 Å². The largest absolute Gasteiger partial charge is 0.510 e. The normalized spacial score (nSPS) is 28.5. The molecule has 1 amide bonds. The molecule has 4 aliphatic rings. The molecule has 0 radical (unpaired) electrons. The van der Waals surface area contributed by atoms with Gasteiger partial charge in [0.2, 0.25) is 5.91 Å². The van der Waals surface area contributed by atoms with Crippen LogP contribution in [0.15, 0.2) is 28.7 Å². The number of methoxy groups -OCH3 is 1. The highest BCUT2D eigenvalue weighted by Crippen LogP contribution is 2.60. The second kappa shape index (κ2) is 8.75. The molecule has 5 rings (SSSR count). The van der Waals surface area contributed by atoms with E-state index in [0.29, 0.717) is 42.0 Å². The van der Waals surface area contributed by atoms with Crippen molar-refractivity contribution < 1.29 is 34.3 Å². The molecule has 1 saturated heterocycles. The summed E-state index contributed by atoms with van der Waals surface area (Å²) in [5, 5.41) is 22.1. The Morgan fingerprint density at radius 2 is 2.00 bits per heavy atom. The number of phenols is 1. The second-order valence-electron chi connectivity index (χ2n) is 11.1. The molecule has 1 unspecified atom stereocenters. The molecule has 1 fully saturated rings. The van der Waals surface area contributed by atoms with Gasteiger partial charge < -0.3 is 25.6 Å². The predicted molar refractivity (Wildman–Crippen MR) is 134 cm³/mol. The molecule has 200 valence electrons. The maximum Gasteiger partial charge on any atom is 0.248 e. The Labute approximate surface area is 216 Å². The van der Waals surface area contributed by atoms with Crippen LogP contribution in [0.4, 0.5) is 0 Å². The van der Waals surface area contributed by atoms with Crippen LogP contribution < -0.4 is 10.5 Å². The van der Waals surface area contributed by atoms with Crippen molar-refractivity contribution in [2.24, 2.45) is 17.6 Å². The Kier molecular flexibility index (Phi) is 6.04. The summed E-state index contributed by atoms with van der Waals surface area (Å²) < 4.78 is 5.82. The fraction of sp³-hybridized carbons (Fsp3) is 0.556. The number of allylic oxidation sites excluding steroid dienone is 1. The van der Waals surface area contributed by atoms with E-state index in [1.54, 1.807) is 13.2 Å². The molecule has 4 N–H and O–H groups in total. The minimum absolute atomic E-state index is 0.0185. The number of nitrogens with two attached hydrogens (primary N) is 1. The number of Topliss-reactive ketones (excluding diaryl/α,β-unsaturated/α-hetero) is 1. The molecule has 37 heavy (non-hydrogen) atoms. The molecular formula is C27H35N3O7. The lowest BCUT2D eigenvalue weighted by atomic mass is 9.58. The topological polar surface area (TPSA) is 135 Å². The fourth-order valence-electron chi connectivity index (χ4n) is 6.55. The Balaban J connectivity index is 1.64. The van der Waals surface area contributed by atoms with Crippen LogP contribution in [0.5, 0.6) is 11.5 Å². The zero-order valence-corrected chi connectivity index (χ0v) is 22.1. The van der Waals surface area contributed by atoms with Gasteiger partial charge in [-0.3, -0.25) is 19.4 Å². The van der Waals surface area contributed by atoms with Gasteiger partial charge in [0.15, 0.2) is 17.1 Å². The number of phenolic OH excluding ortho intramolecular Hbond substituents is 1. The number of nitrogens with zero attached hydrogens (tertiary/aromatic N) is 2. The molecular weight excluding hydrogens is 478 g/mol. The van der Waals surface area contributed by atoms with Gasteiger partial charge in [-0.1, -0.05) is 0 Å². The first-order chi connectivity index (χ1) is 17.4. The number of aliphatic hydroxyl groups is 1. The smallest absolute Gasteiger partial charge is 0.248 e. The summed E-state index contributed by atoms with van der Waals surface area (Å²) in [6.45, 7) is 4.72. The number of carbonyl (C=O) groups excluding carboxylic acids is 2. The first kappa shape index (κ1) is 25.6. The van der Waals surface area contributed by atoms with E-state index in [-0.39, 0.29) is 52.7 Å². The molecule has 10 heteroatoms. The van der Waals surface area contributed by atoms with Gasteiger partial charge in [-0.05, 0) is 59.8 Å². The fourth-order valence-corrected chi connectivity index (χ4v) is 6.55. The third kappa shape index (κ3) is 3.57. The third-order valence-corrected chi connectivity index (χ3v) is 8.57. The van der Waals surface area contributed by atoms with Crippen molar-refractivity contribution in [3.63, 3.8) is 0 Å². The van der Waals surface area contributed by atoms with Crippen LogP contribution in [0.3, 0.4) is 0 Å². The third-order valence-electron chi connectivity index (χ3n) is 8.57. The Morgan fingerprint density at radius 3 is 2.54 bits per heavy atom. The zero-order valence-electron chi connectivity index (χ0n) is 22.1. The van der Waals surface area contributed by atoms with Crippen LogP contribution in [0.2, 0.25) is 0 Å². The van der Waals surface area contributed by atoms with Crippen molar-refractivity contribution in [3.05, 3.63) is 45.4 Å². The molecule has 4 atom stereocenters. The number of ether oxygens (including phenoxy) is 1. The lowest BCUT2D eigenvalue weighted by Crippen LogP contribution is -2.64. The minimum Gasteiger partial charge on any atom is -0.510 e. The van der Waals surface area contributed by atoms with Crippen LogP contribution >= 0.6 is 0 Å². The number of hydrogen-bond acceptors (Lipinski definition) is 9. The Hall–Kier alpha value is -3.08. The summed E-state index contributed by atoms with van der Waals surface area (Å²) in [5.74, 6) is -0.787. The number of ketones is 1. The van der Waals surface area contributed by atoms with Gasteiger partial charge in [-0.15, -0.1) is 0 Å². The molecule has 3 aliphatic carbocycles. The quantitative estimate of drug-likeness (QED) is 0.489. The van der Waals surface area contributed by atoms with Crippen LogP contribution in [-0.2, 0) is 27.5 Å². The van der Waals surface area contributed by atoms with Crippen molar-refractivity contribution in [3.8, 4) is 11.5 Å². The molecule has 0 aromatic heterocycles. The van der Waals surface area contributed by atoms with Gasteiger partial charge in [0.25, 0.3) is 0 Å². The van der Waals surface area contributed by atoms with E-state index >= 15 is 0 Å². The van der Waals surface area contributed by atoms with Gasteiger partial charge in [-0.25, -0.2) is 0 Å². The number of hydrogen-bond donors (Lipinski definition) is 3. The van der Waals surface area contributed by atoms with Crippen LogP contribution in [0.1, 0.15) is 48.2 Å². The van der Waals surface area contributed by atoms with E-state index < -0.39 is 17.6 Å². The number of carbonyl (C=O) groups is 2. The first-order valence-corrected chi connectivity index (χ1v) is 12.6. The number of aliphatic hydroxyl groups excluding tert-OH is 1. The van der Waals surface area contributed by atoms with E-state index in [0.717, 1.165) is 5.56 Å².